The lowest BCUT2D eigenvalue weighted by Gasteiger charge is -2.25. The zero-order valence-electron chi connectivity index (χ0n) is 16.1. The van der Waals surface area contributed by atoms with Crippen LogP contribution in [0.15, 0.2) is 29.2 Å². The molecule has 2 amide bonds. The maximum Gasteiger partial charge on any atom is 0.243 e. The maximum atomic E-state index is 12.6. The topological polar surface area (TPSA) is 86.8 Å². The van der Waals surface area contributed by atoms with Crippen LogP contribution in [-0.4, -0.2) is 63.2 Å². The molecule has 1 N–H and O–H groups in total. The van der Waals surface area contributed by atoms with Gasteiger partial charge < -0.3 is 10.2 Å². The highest BCUT2D eigenvalue weighted by Gasteiger charge is 2.25. The van der Waals surface area contributed by atoms with Gasteiger partial charge in [-0.05, 0) is 37.0 Å². The number of carbonyl (C=O) groups is 2. The van der Waals surface area contributed by atoms with E-state index in [0.29, 0.717) is 37.4 Å². The summed E-state index contributed by atoms with van der Waals surface area (Å²) in [5.74, 6) is -0.146. The first-order valence-corrected chi connectivity index (χ1v) is 10.8. The van der Waals surface area contributed by atoms with Gasteiger partial charge in [0.05, 0.1) is 4.90 Å². The third-order valence-electron chi connectivity index (χ3n) is 4.68. The summed E-state index contributed by atoms with van der Waals surface area (Å²) < 4.78 is 26.8. The fraction of sp³-hybridized carbons (Fsp3) is 0.579. The van der Waals surface area contributed by atoms with Gasteiger partial charge in [0.15, 0.2) is 0 Å². The van der Waals surface area contributed by atoms with E-state index in [4.69, 9.17) is 0 Å². The molecule has 1 fully saturated rings. The number of piperidine rings is 1. The van der Waals surface area contributed by atoms with E-state index in [1.165, 1.54) is 4.90 Å². The molecule has 7 nitrogen and oxygen atoms in total. The second-order valence-electron chi connectivity index (χ2n) is 7.00. The Morgan fingerprint density at radius 2 is 1.67 bits per heavy atom. The average Bonchev–Trinajstić information content (AvgIpc) is 2.67. The van der Waals surface area contributed by atoms with E-state index in [1.54, 1.807) is 42.7 Å². The van der Waals surface area contributed by atoms with Crippen molar-refractivity contribution in [3.63, 3.8) is 0 Å². The maximum absolute atomic E-state index is 12.6. The van der Waals surface area contributed by atoms with Gasteiger partial charge in [0.25, 0.3) is 0 Å². The summed E-state index contributed by atoms with van der Waals surface area (Å²) in [6, 6.07) is 6.76. The Bertz CT molecular complexity index is 739. The van der Waals surface area contributed by atoms with Crippen LogP contribution in [0.2, 0.25) is 0 Å². The van der Waals surface area contributed by atoms with Gasteiger partial charge in [-0.3, -0.25) is 9.59 Å². The van der Waals surface area contributed by atoms with Crippen LogP contribution in [-0.2, 0) is 26.0 Å². The zero-order chi connectivity index (χ0) is 19.9. The van der Waals surface area contributed by atoms with Crippen molar-refractivity contribution in [2.24, 2.45) is 0 Å². The predicted molar refractivity (Wildman–Crippen MR) is 104 cm³/mol. The number of hydrogen-bond acceptors (Lipinski definition) is 4. The summed E-state index contributed by atoms with van der Waals surface area (Å²) in [5.41, 5.74) is 0.909. The molecule has 1 saturated heterocycles. The minimum atomic E-state index is -3.42. The lowest BCUT2D eigenvalue weighted by Crippen LogP contribution is -2.35. The largest absolute Gasteiger partial charge is 0.356 e. The highest BCUT2D eigenvalue weighted by atomic mass is 32.2. The number of amides is 2. The van der Waals surface area contributed by atoms with Crippen molar-refractivity contribution in [1.29, 1.82) is 0 Å². The molecule has 1 aromatic rings. The molecular formula is C19H29N3O4S. The van der Waals surface area contributed by atoms with E-state index in [1.807, 2.05) is 0 Å². The summed E-state index contributed by atoms with van der Waals surface area (Å²) in [5, 5.41) is 2.73. The SMILES string of the molecule is CN(C)C(=O)CCNC(=O)CCc1ccc(S(=O)(=O)N2CCCCC2)cc1. The molecule has 1 heterocycles. The molecule has 0 aliphatic carbocycles. The van der Waals surface area contributed by atoms with Crippen molar-refractivity contribution < 1.29 is 18.0 Å². The van der Waals surface area contributed by atoms with E-state index in [0.717, 1.165) is 24.8 Å². The molecule has 1 aliphatic heterocycles. The number of carbonyl (C=O) groups excluding carboxylic acids is 2. The van der Waals surface area contributed by atoms with Crippen LogP contribution in [0.1, 0.15) is 37.7 Å². The first kappa shape index (κ1) is 21.4. The molecule has 0 radical (unpaired) electrons. The molecular weight excluding hydrogens is 366 g/mol. The molecule has 150 valence electrons. The van der Waals surface area contributed by atoms with Gasteiger partial charge in [0, 0.05) is 46.6 Å². The van der Waals surface area contributed by atoms with Crippen LogP contribution in [0.3, 0.4) is 0 Å². The smallest absolute Gasteiger partial charge is 0.243 e. The number of nitrogens with zero attached hydrogens (tertiary/aromatic N) is 2. The Balaban J connectivity index is 1.81. The summed E-state index contributed by atoms with van der Waals surface area (Å²) in [6.07, 6.45) is 4.00. The van der Waals surface area contributed by atoms with Crippen LogP contribution >= 0.6 is 0 Å². The summed E-state index contributed by atoms with van der Waals surface area (Å²) >= 11 is 0. The summed E-state index contributed by atoms with van der Waals surface area (Å²) in [7, 11) is -0.0595. The quantitative estimate of drug-likeness (QED) is 0.721. The fourth-order valence-corrected chi connectivity index (χ4v) is 4.48. The number of aryl methyl sites for hydroxylation is 1. The van der Waals surface area contributed by atoms with Crippen molar-refractivity contribution in [1.82, 2.24) is 14.5 Å². The lowest BCUT2D eigenvalue weighted by atomic mass is 10.1. The van der Waals surface area contributed by atoms with E-state index in [9.17, 15) is 18.0 Å². The second-order valence-corrected chi connectivity index (χ2v) is 8.93. The van der Waals surface area contributed by atoms with E-state index < -0.39 is 10.0 Å². The molecule has 2 rings (SSSR count). The first-order valence-electron chi connectivity index (χ1n) is 9.36. The number of benzene rings is 1. The molecule has 1 aromatic carbocycles. The Labute approximate surface area is 161 Å². The van der Waals surface area contributed by atoms with Gasteiger partial charge in [-0.15, -0.1) is 0 Å². The predicted octanol–water partition coefficient (Wildman–Crippen LogP) is 1.39. The zero-order valence-corrected chi connectivity index (χ0v) is 16.9. The lowest BCUT2D eigenvalue weighted by molar-refractivity contribution is -0.128. The fourth-order valence-electron chi connectivity index (χ4n) is 2.96. The Morgan fingerprint density at radius 1 is 1.04 bits per heavy atom. The Morgan fingerprint density at radius 3 is 2.26 bits per heavy atom. The van der Waals surface area contributed by atoms with Crippen LogP contribution in [0.25, 0.3) is 0 Å². The Hall–Kier alpha value is -1.93. The van der Waals surface area contributed by atoms with E-state index >= 15 is 0 Å². The van der Waals surface area contributed by atoms with E-state index in [-0.39, 0.29) is 18.2 Å². The van der Waals surface area contributed by atoms with E-state index in [2.05, 4.69) is 5.32 Å². The van der Waals surface area contributed by atoms with Gasteiger partial charge >= 0.3 is 0 Å². The van der Waals surface area contributed by atoms with Gasteiger partial charge in [-0.2, -0.15) is 4.31 Å². The summed E-state index contributed by atoms with van der Waals surface area (Å²) in [4.78, 5) is 25.1. The van der Waals surface area contributed by atoms with Crippen molar-refractivity contribution in [3.05, 3.63) is 29.8 Å². The standard InChI is InChI=1S/C19H29N3O4S/c1-21(2)19(24)12-13-20-18(23)11-8-16-6-9-17(10-7-16)27(25,26)22-14-4-3-5-15-22/h6-7,9-10H,3-5,8,11-15H2,1-2H3,(H,20,23). The van der Waals surface area contributed by atoms with Crippen molar-refractivity contribution >= 4 is 21.8 Å². The number of rotatable bonds is 8. The molecule has 0 unspecified atom stereocenters. The molecule has 0 bridgehead atoms. The van der Waals surface area contributed by atoms with Crippen molar-refractivity contribution in [2.75, 3.05) is 33.7 Å². The number of hydrogen-bond donors (Lipinski definition) is 1. The monoisotopic (exact) mass is 395 g/mol. The number of nitrogens with one attached hydrogen (secondary N) is 1. The normalized spacial score (nSPS) is 15.3. The van der Waals surface area contributed by atoms with Crippen LogP contribution < -0.4 is 5.32 Å². The van der Waals surface area contributed by atoms with Crippen LogP contribution in [0, 0.1) is 0 Å². The molecule has 0 atom stereocenters. The Kier molecular flexibility index (Phi) is 7.79. The number of sulfonamides is 1. The molecule has 0 saturated carbocycles. The van der Waals surface area contributed by atoms with Gasteiger partial charge in [-0.25, -0.2) is 8.42 Å². The van der Waals surface area contributed by atoms with Gasteiger partial charge in [0.2, 0.25) is 21.8 Å². The third-order valence-corrected chi connectivity index (χ3v) is 6.59. The molecule has 0 spiro atoms. The molecule has 1 aliphatic rings. The van der Waals surface area contributed by atoms with Gasteiger partial charge in [-0.1, -0.05) is 18.6 Å². The van der Waals surface area contributed by atoms with Crippen LogP contribution in [0.5, 0.6) is 0 Å². The molecule has 8 heteroatoms. The van der Waals surface area contributed by atoms with Crippen molar-refractivity contribution in [3.8, 4) is 0 Å². The minimum Gasteiger partial charge on any atom is -0.356 e. The highest BCUT2D eigenvalue weighted by Crippen LogP contribution is 2.21. The minimum absolute atomic E-state index is 0.0270. The average molecular weight is 396 g/mol. The van der Waals surface area contributed by atoms with Gasteiger partial charge in [0.1, 0.15) is 0 Å². The molecule has 27 heavy (non-hydrogen) atoms. The van der Waals surface area contributed by atoms with Crippen LogP contribution in [0.4, 0.5) is 0 Å². The first-order chi connectivity index (χ1) is 12.8. The second kappa shape index (κ2) is 9.85. The van der Waals surface area contributed by atoms with Crippen molar-refractivity contribution in [2.45, 2.75) is 43.4 Å². The summed E-state index contributed by atoms with van der Waals surface area (Å²) in [6.45, 7) is 1.49. The highest BCUT2D eigenvalue weighted by molar-refractivity contribution is 7.89. The molecule has 0 aromatic heterocycles. The third kappa shape index (κ3) is 6.32.